The number of ether oxygens (including phenoxy) is 2. The highest BCUT2D eigenvalue weighted by Crippen LogP contribution is 2.31. The Morgan fingerprint density at radius 2 is 1.52 bits per heavy atom. The van der Waals surface area contributed by atoms with E-state index in [0.29, 0.717) is 12.3 Å². The van der Waals surface area contributed by atoms with Gasteiger partial charge in [0.1, 0.15) is 17.5 Å². The Morgan fingerprint density at radius 3 is 2.13 bits per heavy atom. The molecule has 0 bridgehead atoms. The minimum absolute atomic E-state index is 0.0178. The van der Waals surface area contributed by atoms with E-state index in [9.17, 15) is 18.3 Å². The van der Waals surface area contributed by atoms with Gasteiger partial charge in [-0.1, -0.05) is 43.7 Å². The van der Waals surface area contributed by atoms with Crippen LogP contribution in [0.2, 0.25) is 0 Å². The lowest BCUT2D eigenvalue weighted by Gasteiger charge is -2.24. The summed E-state index contributed by atoms with van der Waals surface area (Å²) in [7, 11) is -1.21. The molecule has 1 N–H and O–H groups in total. The van der Waals surface area contributed by atoms with Crippen LogP contribution in [0.5, 0.6) is 11.5 Å². The molecule has 0 saturated carbocycles. The Labute approximate surface area is 269 Å². The molecule has 0 unspecified atom stereocenters. The van der Waals surface area contributed by atoms with Gasteiger partial charge < -0.3 is 14.6 Å². The molecule has 5 aromatic rings. The molecule has 0 amide bonds. The molecule has 5 rings (SSSR count). The number of benzene rings is 4. The number of carbonyl (C=O) groups is 1. The Bertz CT molecular complexity index is 1850. The van der Waals surface area contributed by atoms with E-state index in [0.717, 1.165) is 56.7 Å². The highest BCUT2D eigenvalue weighted by atomic mass is 32.2. The number of hydrogen-bond acceptors (Lipinski definition) is 6. The quantitative estimate of drug-likeness (QED) is 0.135. The first-order chi connectivity index (χ1) is 22.2. The molecule has 0 fully saturated rings. The zero-order chi connectivity index (χ0) is 32.7. The second-order valence-corrected chi connectivity index (χ2v) is 12.8. The van der Waals surface area contributed by atoms with Crippen LogP contribution in [-0.2, 0) is 21.2 Å². The second kappa shape index (κ2) is 14.4. The van der Waals surface area contributed by atoms with Gasteiger partial charge >= 0.3 is 5.97 Å². The predicted octanol–water partition coefficient (Wildman–Crippen LogP) is 6.71. The monoisotopic (exact) mass is 639 g/mol. The third-order valence-electron chi connectivity index (χ3n) is 7.77. The molecule has 4 aromatic carbocycles. The second-order valence-electron chi connectivity index (χ2n) is 10.8. The van der Waals surface area contributed by atoms with E-state index in [-0.39, 0.29) is 11.3 Å². The van der Waals surface area contributed by atoms with Crippen molar-refractivity contribution in [2.75, 3.05) is 20.8 Å². The molecule has 46 heavy (non-hydrogen) atoms. The fourth-order valence-corrected chi connectivity index (χ4v) is 6.36. The molecule has 1 atom stereocenters. The minimum Gasteiger partial charge on any atom is -0.497 e. The number of carboxylic acid groups (broad SMARTS) is 1. The number of nitrogens with zero attached hydrogens (tertiary/aromatic N) is 3. The number of methoxy groups -OCH3 is 1. The number of aliphatic carboxylic acids is 1. The zero-order valence-corrected chi connectivity index (χ0v) is 26.9. The molecule has 0 aliphatic heterocycles. The average Bonchev–Trinajstić information content (AvgIpc) is 3.53. The van der Waals surface area contributed by atoms with E-state index < -0.39 is 22.0 Å². The van der Waals surface area contributed by atoms with Crippen molar-refractivity contribution in [1.29, 1.82) is 0 Å². The van der Waals surface area contributed by atoms with Crippen molar-refractivity contribution in [3.05, 3.63) is 115 Å². The summed E-state index contributed by atoms with van der Waals surface area (Å²) in [6.45, 7) is 2.77. The van der Waals surface area contributed by atoms with Crippen LogP contribution >= 0.6 is 0 Å². The van der Waals surface area contributed by atoms with Crippen molar-refractivity contribution in [2.24, 2.45) is 0 Å². The number of likely N-dealkylation sites (N-methyl/N-ethyl adjacent to an activating group) is 1. The molecule has 0 aliphatic carbocycles. The molecular weight excluding hydrogens is 602 g/mol. The SMILES string of the molecule is CCCCOc1ccc(-c2cc(-c3ccc(OC)cc3)nn2-c2ccc(S(=O)(=O)N(C)[C@@H](Cc3ccccc3)C(=O)O)cc2)cc1. The summed E-state index contributed by atoms with van der Waals surface area (Å²) in [5.41, 5.74) is 4.68. The van der Waals surface area contributed by atoms with Gasteiger partial charge in [-0.15, -0.1) is 0 Å². The average molecular weight is 640 g/mol. The molecule has 1 aromatic heterocycles. The molecule has 238 valence electrons. The smallest absolute Gasteiger partial charge is 0.322 e. The van der Waals surface area contributed by atoms with Crippen molar-refractivity contribution >= 4 is 16.0 Å². The number of aromatic nitrogens is 2. The first kappa shape index (κ1) is 32.5. The van der Waals surface area contributed by atoms with Gasteiger partial charge in [-0.3, -0.25) is 4.79 Å². The maximum atomic E-state index is 13.6. The van der Waals surface area contributed by atoms with E-state index in [1.165, 1.54) is 19.2 Å². The molecule has 0 spiro atoms. The molecule has 1 heterocycles. The van der Waals surface area contributed by atoms with Crippen LogP contribution in [0.15, 0.2) is 114 Å². The standard InChI is InChI=1S/C36H37N3O6S/c1-4-5-23-45-31-19-13-28(14-20-31)34-25-33(27-11-17-30(44-3)18-12-27)37-39(34)29-15-21-32(22-16-29)46(42,43)38(2)35(36(40)41)24-26-9-7-6-8-10-26/h6-22,25,35H,4-5,23-24H2,1-3H3,(H,40,41)/t35-/m0/s1. The highest BCUT2D eigenvalue weighted by Gasteiger charge is 2.33. The molecule has 0 aliphatic rings. The van der Waals surface area contributed by atoms with E-state index in [1.54, 1.807) is 48.2 Å². The summed E-state index contributed by atoms with van der Waals surface area (Å²) in [6, 6.07) is 31.4. The maximum Gasteiger partial charge on any atom is 0.322 e. The van der Waals surface area contributed by atoms with E-state index in [2.05, 4.69) is 6.92 Å². The summed E-state index contributed by atoms with van der Waals surface area (Å²) >= 11 is 0. The first-order valence-corrected chi connectivity index (χ1v) is 16.5. The van der Waals surface area contributed by atoms with Gasteiger partial charge in [-0.25, -0.2) is 13.1 Å². The third kappa shape index (κ3) is 7.30. The molecular formula is C36H37N3O6S. The first-order valence-electron chi connectivity index (χ1n) is 15.0. The van der Waals surface area contributed by atoms with Gasteiger partial charge in [-0.2, -0.15) is 9.40 Å². The van der Waals surface area contributed by atoms with Gasteiger partial charge in [0, 0.05) is 18.2 Å². The van der Waals surface area contributed by atoms with E-state index in [4.69, 9.17) is 14.6 Å². The van der Waals surface area contributed by atoms with Crippen LogP contribution < -0.4 is 9.47 Å². The van der Waals surface area contributed by atoms with E-state index >= 15 is 0 Å². The maximum absolute atomic E-state index is 13.6. The lowest BCUT2D eigenvalue weighted by atomic mass is 10.1. The highest BCUT2D eigenvalue weighted by molar-refractivity contribution is 7.89. The van der Waals surface area contributed by atoms with Crippen LogP contribution in [0.25, 0.3) is 28.2 Å². The summed E-state index contributed by atoms with van der Waals surface area (Å²) in [5.74, 6) is 0.294. The largest absolute Gasteiger partial charge is 0.497 e. The van der Waals surface area contributed by atoms with Gasteiger partial charge in [0.05, 0.1) is 35.7 Å². The van der Waals surface area contributed by atoms with Gasteiger partial charge in [0.2, 0.25) is 10.0 Å². The van der Waals surface area contributed by atoms with E-state index in [1.807, 2.05) is 60.7 Å². The molecule has 0 radical (unpaired) electrons. The predicted molar refractivity (Wildman–Crippen MR) is 178 cm³/mol. The summed E-state index contributed by atoms with van der Waals surface area (Å²) in [4.78, 5) is 12.1. The minimum atomic E-state index is -4.13. The normalized spacial score (nSPS) is 12.2. The fourth-order valence-electron chi connectivity index (χ4n) is 5.04. The summed E-state index contributed by atoms with van der Waals surface area (Å²) < 4.78 is 41.0. The Balaban J connectivity index is 1.47. The van der Waals surface area contributed by atoms with Crippen LogP contribution in [-0.4, -0.2) is 60.4 Å². The van der Waals surface area contributed by atoms with Crippen LogP contribution in [0.4, 0.5) is 0 Å². The number of rotatable bonds is 14. The van der Waals surface area contributed by atoms with Crippen molar-refractivity contribution in [3.8, 4) is 39.7 Å². The van der Waals surface area contributed by atoms with Crippen LogP contribution in [0.1, 0.15) is 25.3 Å². The molecule has 0 saturated heterocycles. The van der Waals surface area contributed by atoms with Crippen molar-refractivity contribution in [1.82, 2.24) is 14.1 Å². The van der Waals surface area contributed by atoms with Crippen molar-refractivity contribution in [2.45, 2.75) is 37.1 Å². The van der Waals surface area contributed by atoms with Gasteiger partial charge in [0.25, 0.3) is 0 Å². The molecule has 10 heteroatoms. The number of carboxylic acids is 1. The Kier molecular flexibility index (Phi) is 10.2. The number of sulfonamides is 1. The Hall–Kier alpha value is -4.93. The van der Waals surface area contributed by atoms with Crippen molar-refractivity contribution < 1.29 is 27.8 Å². The number of hydrogen-bond donors (Lipinski definition) is 1. The lowest BCUT2D eigenvalue weighted by Crippen LogP contribution is -2.43. The van der Waals surface area contributed by atoms with Gasteiger partial charge in [-0.05, 0) is 97.3 Å². The number of unbranched alkanes of at least 4 members (excludes halogenated alkanes) is 1. The van der Waals surface area contributed by atoms with Crippen molar-refractivity contribution in [3.63, 3.8) is 0 Å². The molecule has 9 nitrogen and oxygen atoms in total. The van der Waals surface area contributed by atoms with Crippen LogP contribution in [0.3, 0.4) is 0 Å². The topological polar surface area (TPSA) is 111 Å². The summed E-state index contributed by atoms with van der Waals surface area (Å²) in [5, 5.41) is 14.8. The van der Waals surface area contributed by atoms with Gasteiger partial charge in [0.15, 0.2) is 0 Å². The Morgan fingerprint density at radius 1 is 0.891 bits per heavy atom. The lowest BCUT2D eigenvalue weighted by molar-refractivity contribution is -0.141. The zero-order valence-electron chi connectivity index (χ0n) is 26.0. The van der Waals surface area contributed by atoms with Crippen LogP contribution in [0, 0.1) is 0 Å². The summed E-state index contributed by atoms with van der Waals surface area (Å²) in [6.07, 6.45) is 2.07. The third-order valence-corrected chi connectivity index (χ3v) is 9.65. The fraction of sp³-hybridized carbons (Fsp3) is 0.222.